The first kappa shape index (κ1) is 15.0. The van der Waals surface area contributed by atoms with Gasteiger partial charge in [-0.15, -0.1) is 0 Å². The van der Waals surface area contributed by atoms with Crippen molar-refractivity contribution in [2.75, 3.05) is 12.4 Å². The van der Waals surface area contributed by atoms with Crippen molar-refractivity contribution < 1.29 is 9.53 Å². The second-order valence-electron chi connectivity index (χ2n) is 4.51. The van der Waals surface area contributed by atoms with Crippen molar-refractivity contribution in [3.05, 3.63) is 59.7 Å². The maximum atomic E-state index is 12.0. The highest BCUT2D eigenvalue weighted by molar-refractivity contribution is 7.80. The second-order valence-corrected chi connectivity index (χ2v) is 4.91. The summed E-state index contributed by atoms with van der Waals surface area (Å²) in [5.74, 6) is 0.528. The van der Waals surface area contributed by atoms with E-state index in [1.54, 1.807) is 13.2 Å². The molecule has 0 aliphatic rings. The molecule has 5 heteroatoms. The summed E-state index contributed by atoms with van der Waals surface area (Å²) >= 11 is 5.13. The number of amides is 1. The lowest BCUT2D eigenvalue weighted by Crippen LogP contribution is -2.34. The molecule has 0 spiro atoms. The predicted molar refractivity (Wildman–Crippen MR) is 87.9 cm³/mol. The molecule has 0 aliphatic carbocycles. The summed E-state index contributed by atoms with van der Waals surface area (Å²) in [6, 6.07) is 14.6. The van der Waals surface area contributed by atoms with Crippen molar-refractivity contribution in [1.29, 1.82) is 0 Å². The molecule has 0 radical (unpaired) electrons. The normalized spacial score (nSPS) is 9.81. The van der Waals surface area contributed by atoms with Gasteiger partial charge in [-0.2, -0.15) is 0 Å². The fraction of sp³-hybridized carbons (Fsp3) is 0.125. The first-order chi connectivity index (χ1) is 10.1. The van der Waals surface area contributed by atoms with Gasteiger partial charge < -0.3 is 10.1 Å². The van der Waals surface area contributed by atoms with E-state index in [0.29, 0.717) is 5.56 Å². The zero-order valence-corrected chi connectivity index (χ0v) is 12.7. The number of carbonyl (C=O) groups is 1. The maximum absolute atomic E-state index is 12.0. The van der Waals surface area contributed by atoms with Crippen LogP contribution in [-0.2, 0) is 0 Å². The molecule has 0 aliphatic heterocycles. The van der Waals surface area contributed by atoms with Crippen molar-refractivity contribution in [2.45, 2.75) is 6.92 Å². The van der Waals surface area contributed by atoms with Gasteiger partial charge >= 0.3 is 0 Å². The average Bonchev–Trinajstić information content (AvgIpc) is 2.48. The van der Waals surface area contributed by atoms with E-state index in [0.717, 1.165) is 17.0 Å². The molecule has 0 saturated heterocycles. The van der Waals surface area contributed by atoms with Crippen LogP contribution < -0.4 is 15.4 Å². The van der Waals surface area contributed by atoms with Crippen molar-refractivity contribution in [3.8, 4) is 5.75 Å². The van der Waals surface area contributed by atoms with Crippen LogP contribution in [0.15, 0.2) is 48.5 Å². The lowest BCUT2D eigenvalue weighted by atomic mass is 10.1. The third-order valence-corrected chi connectivity index (χ3v) is 3.06. The summed E-state index contributed by atoms with van der Waals surface area (Å²) in [7, 11) is 1.61. The third kappa shape index (κ3) is 4.29. The molecule has 4 nitrogen and oxygen atoms in total. The van der Waals surface area contributed by atoms with Gasteiger partial charge in [-0.25, -0.2) is 0 Å². The number of anilines is 1. The summed E-state index contributed by atoms with van der Waals surface area (Å²) < 4.78 is 5.08. The highest BCUT2D eigenvalue weighted by atomic mass is 32.1. The minimum Gasteiger partial charge on any atom is -0.497 e. The largest absolute Gasteiger partial charge is 0.497 e. The molecule has 2 N–H and O–H groups in total. The van der Waals surface area contributed by atoms with Crippen LogP contribution in [-0.4, -0.2) is 18.1 Å². The van der Waals surface area contributed by atoms with Gasteiger partial charge in [0.25, 0.3) is 5.91 Å². The topological polar surface area (TPSA) is 50.4 Å². The Morgan fingerprint density at radius 2 is 1.86 bits per heavy atom. The summed E-state index contributed by atoms with van der Waals surface area (Å²) in [6.45, 7) is 1.94. The second kappa shape index (κ2) is 6.85. The van der Waals surface area contributed by atoms with Crippen LogP contribution in [0.3, 0.4) is 0 Å². The standard InChI is InChI=1S/C16H16N2O2S/c1-11-4-3-5-12(10-11)15(19)18-16(21)17-13-6-8-14(20-2)9-7-13/h3-10H,1-2H3,(H2,17,18,19,21). The summed E-state index contributed by atoms with van der Waals surface area (Å²) in [6.07, 6.45) is 0. The Hall–Kier alpha value is -2.40. The van der Waals surface area contributed by atoms with Crippen LogP contribution in [0, 0.1) is 6.92 Å². The summed E-state index contributed by atoms with van der Waals surface area (Å²) in [5.41, 5.74) is 2.39. The van der Waals surface area contributed by atoms with E-state index in [9.17, 15) is 4.79 Å². The van der Waals surface area contributed by atoms with Crippen molar-refractivity contribution in [1.82, 2.24) is 5.32 Å². The summed E-state index contributed by atoms with van der Waals surface area (Å²) in [4.78, 5) is 12.0. The minimum absolute atomic E-state index is 0.232. The molecule has 0 fully saturated rings. The van der Waals surface area contributed by atoms with Gasteiger partial charge in [0, 0.05) is 11.3 Å². The van der Waals surface area contributed by atoms with Gasteiger partial charge in [0.1, 0.15) is 5.75 Å². The Morgan fingerprint density at radius 3 is 2.48 bits per heavy atom. The van der Waals surface area contributed by atoms with Crippen LogP contribution >= 0.6 is 12.2 Å². The number of rotatable bonds is 3. The highest BCUT2D eigenvalue weighted by Crippen LogP contribution is 2.14. The number of benzene rings is 2. The smallest absolute Gasteiger partial charge is 0.257 e. The Balaban J connectivity index is 1.96. The minimum atomic E-state index is -0.232. The molecular formula is C16H16N2O2S. The molecule has 0 saturated carbocycles. The van der Waals surface area contributed by atoms with Crippen molar-refractivity contribution >= 4 is 28.9 Å². The Morgan fingerprint density at radius 1 is 1.14 bits per heavy atom. The number of hydrogen-bond donors (Lipinski definition) is 2. The molecule has 1 amide bonds. The van der Waals surface area contributed by atoms with Crippen molar-refractivity contribution in [3.63, 3.8) is 0 Å². The van der Waals surface area contributed by atoms with Crippen LogP contribution in [0.1, 0.15) is 15.9 Å². The number of hydrogen-bond acceptors (Lipinski definition) is 3. The Labute approximate surface area is 129 Å². The van der Waals surface area contributed by atoms with Crippen LogP contribution in [0.2, 0.25) is 0 Å². The first-order valence-electron chi connectivity index (χ1n) is 6.41. The summed E-state index contributed by atoms with van der Waals surface area (Å²) in [5, 5.41) is 5.86. The predicted octanol–water partition coefficient (Wildman–Crippen LogP) is 3.13. The van der Waals surface area contributed by atoms with Crippen molar-refractivity contribution in [2.24, 2.45) is 0 Å². The Bertz CT molecular complexity index is 654. The molecule has 108 valence electrons. The molecule has 0 atom stereocenters. The van der Waals surface area contributed by atoms with E-state index in [1.807, 2.05) is 49.4 Å². The molecule has 0 unspecified atom stereocenters. The molecule has 21 heavy (non-hydrogen) atoms. The SMILES string of the molecule is COc1ccc(NC(=S)NC(=O)c2cccc(C)c2)cc1. The van der Waals surface area contributed by atoms with Gasteiger partial charge in [-0.1, -0.05) is 17.7 Å². The highest BCUT2D eigenvalue weighted by Gasteiger charge is 2.07. The monoisotopic (exact) mass is 300 g/mol. The number of carbonyl (C=O) groups excluding carboxylic acids is 1. The number of ether oxygens (including phenoxy) is 1. The number of aryl methyl sites for hydroxylation is 1. The van der Waals surface area contributed by atoms with Gasteiger partial charge in [0.2, 0.25) is 0 Å². The molecular weight excluding hydrogens is 284 g/mol. The van der Waals surface area contributed by atoms with Gasteiger partial charge in [-0.3, -0.25) is 10.1 Å². The zero-order chi connectivity index (χ0) is 15.2. The van der Waals surface area contributed by atoms with Crippen LogP contribution in [0.4, 0.5) is 5.69 Å². The number of nitrogens with one attached hydrogen (secondary N) is 2. The van der Waals surface area contributed by atoms with Gasteiger partial charge in [-0.05, 0) is 55.5 Å². The van der Waals surface area contributed by atoms with E-state index >= 15 is 0 Å². The Kier molecular flexibility index (Phi) is 4.90. The molecule has 0 aromatic heterocycles. The average molecular weight is 300 g/mol. The molecule has 0 bridgehead atoms. The first-order valence-corrected chi connectivity index (χ1v) is 6.82. The van der Waals surface area contributed by atoms with Gasteiger partial charge in [0.15, 0.2) is 5.11 Å². The third-order valence-electron chi connectivity index (χ3n) is 2.86. The molecule has 0 heterocycles. The van der Waals surface area contributed by atoms with Gasteiger partial charge in [0.05, 0.1) is 7.11 Å². The quantitative estimate of drug-likeness (QED) is 0.855. The lowest BCUT2D eigenvalue weighted by Gasteiger charge is -2.10. The molecule has 2 aromatic carbocycles. The van der Waals surface area contributed by atoms with Crippen LogP contribution in [0.25, 0.3) is 0 Å². The number of thiocarbonyl (C=S) groups is 1. The molecule has 2 rings (SSSR count). The van der Waals surface area contributed by atoms with Crippen LogP contribution in [0.5, 0.6) is 5.75 Å². The van der Waals surface area contributed by atoms with E-state index in [-0.39, 0.29) is 11.0 Å². The van der Waals surface area contributed by atoms with E-state index < -0.39 is 0 Å². The molecule has 2 aromatic rings. The number of methoxy groups -OCH3 is 1. The van der Waals surface area contributed by atoms with E-state index in [1.165, 1.54) is 0 Å². The maximum Gasteiger partial charge on any atom is 0.257 e. The lowest BCUT2D eigenvalue weighted by molar-refractivity contribution is 0.0977. The fourth-order valence-corrected chi connectivity index (χ4v) is 2.01. The van der Waals surface area contributed by atoms with E-state index in [2.05, 4.69) is 10.6 Å². The zero-order valence-electron chi connectivity index (χ0n) is 11.8. The fourth-order valence-electron chi connectivity index (χ4n) is 1.80. The van der Waals surface area contributed by atoms with E-state index in [4.69, 9.17) is 17.0 Å².